The van der Waals surface area contributed by atoms with Crippen molar-refractivity contribution in [3.8, 4) is 5.75 Å². The van der Waals surface area contributed by atoms with Crippen LogP contribution in [0.25, 0.3) is 10.9 Å². The number of nitrogens with zero attached hydrogens (tertiary/aromatic N) is 1. The van der Waals surface area contributed by atoms with Crippen molar-refractivity contribution in [2.75, 3.05) is 11.1 Å². The second kappa shape index (κ2) is 5.13. The molecule has 3 aromatic rings. The predicted molar refractivity (Wildman–Crippen MR) is 82.2 cm³/mol. The average Bonchev–Trinajstić information content (AvgIpc) is 2.50. The number of nitrogens with two attached hydrogens (primary N) is 1. The number of carbonyl (C=O) groups excluding carboxylic acids is 1. The normalized spacial score (nSPS) is 10.5. The van der Waals surface area contributed by atoms with Crippen molar-refractivity contribution in [1.82, 2.24) is 4.98 Å². The summed E-state index contributed by atoms with van der Waals surface area (Å²) >= 11 is 0. The summed E-state index contributed by atoms with van der Waals surface area (Å²) in [5, 5.41) is 13.1. The highest BCUT2D eigenvalue weighted by molar-refractivity contribution is 6.11. The fourth-order valence-corrected chi connectivity index (χ4v) is 2.14. The molecule has 5 nitrogen and oxygen atoms in total. The first-order chi connectivity index (χ1) is 10.1. The fraction of sp³-hybridized carbons (Fsp3) is 0. The molecule has 0 radical (unpaired) electrons. The minimum absolute atomic E-state index is 0.00561. The highest BCUT2D eigenvalue weighted by atomic mass is 16.3. The van der Waals surface area contributed by atoms with Gasteiger partial charge in [-0.05, 0) is 42.5 Å². The Labute approximate surface area is 121 Å². The van der Waals surface area contributed by atoms with Gasteiger partial charge in [0, 0.05) is 17.3 Å². The smallest absolute Gasteiger partial charge is 0.257 e. The van der Waals surface area contributed by atoms with Crippen LogP contribution < -0.4 is 11.1 Å². The molecule has 21 heavy (non-hydrogen) atoms. The van der Waals surface area contributed by atoms with Gasteiger partial charge in [0.1, 0.15) is 5.75 Å². The quantitative estimate of drug-likeness (QED) is 0.497. The third kappa shape index (κ3) is 2.49. The number of benzene rings is 2. The molecule has 5 heteroatoms. The number of rotatable bonds is 2. The van der Waals surface area contributed by atoms with Gasteiger partial charge in [-0.2, -0.15) is 0 Å². The topological polar surface area (TPSA) is 88.2 Å². The Morgan fingerprint density at radius 1 is 1.14 bits per heavy atom. The SMILES string of the molecule is Nc1ccc(O)cc1C(=O)Nc1cccc2ncccc12. The highest BCUT2D eigenvalue weighted by Gasteiger charge is 2.12. The molecule has 0 saturated heterocycles. The number of hydrogen-bond donors (Lipinski definition) is 3. The Balaban J connectivity index is 1.99. The molecule has 2 aromatic carbocycles. The molecular weight excluding hydrogens is 266 g/mol. The molecule has 104 valence electrons. The van der Waals surface area contributed by atoms with E-state index in [2.05, 4.69) is 10.3 Å². The second-order valence-electron chi connectivity index (χ2n) is 4.60. The van der Waals surface area contributed by atoms with Crippen molar-refractivity contribution in [2.24, 2.45) is 0 Å². The standard InChI is InChI=1S/C16H13N3O2/c17-13-7-6-10(20)9-12(13)16(21)19-15-5-1-4-14-11(15)3-2-8-18-14/h1-9,20H,17H2,(H,19,21). The van der Waals surface area contributed by atoms with E-state index in [0.717, 1.165) is 10.9 Å². The Hall–Kier alpha value is -3.08. The molecule has 0 atom stereocenters. The number of anilines is 2. The van der Waals surface area contributed by atoms with Gasteiger partial charge < -0.3 is 16.2 Å². The molecule has 0 saturated carbocycles. The van der Waals surface area contributed by atoms with Gasteiger partial charge >= 0.3 is 0 Å². The molecular formula is C16H13N3O2. The van der Waals surface area contributed by atoms with Gasteiger partial charge in [-0.25, -0.2) is 0 Å². The van der Waals surface area contributed by atoms with Crippen LogP contribution in [0.15, 0.2) is 54.7 Å². The van der Waals surface area contributed by atoms with E-state index in [1.54, 1.807) is 18.3 Å². The lowest BCUT2D eigenvalue weighted by Crippen LogP contribution is -2.14. The first-order valence-corrected chi connectivity index (χ1v) is 6.39. The van der Waals surface area contributed by atoms with E-state index in [9.17, 15) is 9.90 Å². The molecule has 0 aliphatic rings. The van der Waals surface area contributed by atoms with Crippen LogP contribution in [0.5, 0.6) is 5.75 Å². The number of pyridine rings is 1. The molecule has 0 fully saturated rings. The average molecular weight is 279 g/mol. The minimum atomic E-state index is -0.375. The fourth-order valence-electron chi connectivity index (χ4n) is 2.14. The lowest BCUT2D eigenvalue weighted by molar-refractivity contribution is 0.102. The number of carbonyl (C=O) groups is 1. The van der Waals surface area contributed by atoms with E-state index < -0.39 is 0 Å². The summed E-state index contributed by atoms with van der Waals surface area (Å²) < 4.78 is 0. The Morgan fingerprint density at radius 2 is 2.00 bits per heavy atom. The van der Waals surface area contributed by atoms with E-state index in [1.807, 2.05) is 18.2 Å². The molecule has 0 bridgehead atoms. The second-order valence-corrected chi connectivity index (χ2v) is 4.60. The summed E-state index contributed by atoms with van der Waals surface area (Å²) in [5.74, 6) is -0.381. The van der Waals surface area contributed by atoms with Crippen LogP contribution in [0.3, 0.4) is 0 Å². The molecule has 0 aliphatic carbocycles. The van der Waals surface area contributed by atoms with Gasteiger partial charge in [-0.3, -0.25) is 9.78 Å². The van der Waals surface area contributed by atoms with E-state index in [0.29, 0.717) is 11.4 Å². The lowest BCUT2D eigenvalue weighted by atomic mass is 10.1. The zero-order valence-corrected chi connectivity index (χ0v) is 11.1. The number of phenolic OH excluding ortho intramolecular Hbond substituents is 1. The summed E-state index contributed by atoms with van der Waals surface area (Å²) in [4.78, 5) is 16.5. The van der Waals surface area contributed by atoms with Crippen LogP contribution >= 0.6 is 0 Å². The number of phenols is 1. The lowest BCUT2D eigenvalue weighted by Gasteiger charge is -2.10. The van der Waals surface area contributed by atoms with E-state index >= 15 is 0 Å². The van der Waals surface area contributed by atoms with Crippen molar-refractivity contribution in [3.05, 3.63) is 60.3 Å². The van der Waals surface area contributed by atoms with Crippen molar-refractivity contribution < 1.29 is 9.90 Å². The van der Waals surface area contributed by atoms with Gasteiger partial charge in [-0.15, -0.1) is 0 Å². The Bertz CT molecular complexity index is 825. The maximum absolute atomic E-state index is 12.3. The first kappa shape index (κ1) is 12.9. The van der Waals surface area contributed by atoms with Gasteiger partial charge in [0.25, 0.3) is 5.91 Å². The van der Waals surface area contributed by atoms with Gasteiger partial charge in [-0.1, -0.05) is 6.07 Å². The van der Waals surface area contributed by atoms with E-state index in [1.165, 1.54) is 18.2 Å². The number of aromatic nitrogens is 1. The van der Waals surface area contributed by atoms with Crippen LogP contribution in [0.1, 0.15) is 10.4 Å². The number of hydrogen-bond acceptors (Lipinski definition) is 4. The van der Waals surface area contributed by atoms with Crippen LogP contribution in [0.2, 0.25) is 0 Å². The van der Waals surface area contributed by atoms with Crippen LogP contribution in [0.4, 0.5) is 11.4 Å². The molecule has 0 unspecified atom stereocenters. The highest BCUT2D eigenvalue weighted by Crippen LogP contribution is 2.24. The summed E-state index contributed by atoms with van der Waals surface area (Å²) in [5.41, 5.74) is 7.75. The summed E-state index contributed by atoms with van der Waals surface area (Å²) in [6.07, 6.45) is 1.70. The molecule has 1 aromatic heterocycles. The van der Waals surface area contributed by atoms with E-state index in [4.69, 9.17) is 5.73 Å². The van der Waals surface area contributed by atoms with Crippen molar-refractivity contribution in [2.45, 2.75) is 0 Å². The molecule has 1 heterocycles. The molecule has 3 rings (SSSR count). The number of fused-ring (bicyclic) bond motifs is 1. The number of nitrogens with one attached hydrogen (secondary N) is 1. The molecule has 0 aliphatic heterocycles. The number of nitrogen functional groups attached to an aromatic ring is 1. The third-order valence-corrected chi connectivity index (χ3v) is 3.18. The largest absolute Gasteiger partial charge is 0.508 e. The summed E-state index contributed by atoms with van der Waals surface area (Å²) in [7, 11) is 0. The number of aromatic hydroxyl groups is 1. The van der Waals surface area contributed by atoms with Gasteiger partial charge in [0.05, 0.1) is 16.8 Å². The Kier molecular flexibility index (Phi) is 3.16. The van der Waals surface area contributed by atoms with Gasteiger partial charge in [0.2, 0.25) is 0 Å². The summed E-state index contributed by atoms with van der Waals surface area (Å²) in [6.45, 7) is 0. The van der Waals surface area contributed by atoms with Crippen molar-refractivity contribution in [3.63, 3.8) is 0 Å². The molecule has 0 spiro atoms. The zero-order chi connectivity index (χ0) is 14.8. The van der Waals surface area contributed by atoms with Crippen molar-refractivity contribution in [1.29, 1.82) is 0 Å². The zero-order valence-electron chi connectivity index (χ0n) is 11.1. The monoisotopic (exact) mass is 279 g/mol. The van der Waals surface area contributed by atoms with E-state index in [-0.39, 0.29) is 17.2 Å². The van der Waals surface area contributed by atoms with Crippen LogP contribution in [-0.2, 0) is 0 Å². The van der Waals surface area contributed by atoms with Crippen LogP contribution in [-0.4, -0.2) is 16.0 Å². The van der Waals surface area contributed by atoms with Crippen molar-refractivity contribution >= 4 is 28.2 Å². The summed E-state index contributed by atoms with van der Waals surface area (Å²) in [6, 6.07) is 13.4. The maximum atomic E-state index is 12.3. The van der Waals surface area contributed by atoms with Gasteiger partial charge in [0.15, 0.2) is 0 Å². The Morgan fingerprint density at radius 3 is 2.86 bits per heavy atom. The number of amides is 1. The molecule has 4 N–H and O–H groups in total. The first-order valence-electron chi connectivity index (χ1n) is 6.39. The minimum Gasteiger partial charge on any atom is -0.508 e. The predicted octanol–water partition coefficient (Wildman–Crippen LogP) is 2.77. The third-order valence-electron chi connectivity index (χ3n) is 3.18. The molecule has 1 amide bonds. The van der Waals surface area contributed by atoms with Crippen LogP contribution in [0, 0.1) is 0 Å². The maximum Gasteiger partial charge on any atom is 0.257 e.